The topological polar surface area (TPSA) is 84.4 Å². The van der Waals surface area contributed by atoms with Crippen LogP contribution in [0.15, 0.2) is 41.0 Å². The van der Waals surface area contributed by atoms with E-state index >= 15 is 0 Å². The predicted molar refractivity (Wildman–Crippen MR) is 91.3 cm³/mol. The number of likely N-dealkylation sites (tertiary alicyclic amines) is 1. The van der Waals surface area contributed by atoms with E-state index in [1.165, 1.54) is 11.8 Å². The van der Waals surface area contributed by atoms with E-state index in [-0.39, 0.29) is 18.0 Å². The minimum absolute atomic E-state index is 0.181. The number of carbonyl (C=O) groups excluding carboxylic acids is 1. The Balaban J connectivity index is 1.47. The fourth-order valence-electron chi connectivity index (χ4n) is 2.94. The summed E-state index contributed by atoms with van der Waals surface area (Å²) in [7, 11) is 0. The van der Waals surface area contributed by atoms with Gasteiger partial charge in [-0.25, -0.2) is 4.98 Å². The Morgan fingerprint density at radius 2 is 2.08 bits per heavy atom. The van der Waals surface area contributed by atoms with Gasteiger partial charge in [-0.1, -0.05) is 30.3 Å². The summed E-state index contributed by atoms with van der Waals surface area (Å²) < 4.78 is 5.21. The van der Waals surface area contributed by atoms with Gasteiger partial charge in [-0.3, -0.25) is 9.69 Å². The lowest BCUT2D eigenvalue weighted by Gasteiger charge is -2.32. The highest BCUT2D eigenvalue weighted by atomic mass is 16.3. The Hall–Kier alpha value is -2.18. The molecule has 0 saturated carbocycles. The molecule has 2 aromatic rings. The number of aromatic nitrogens is 1. The molecular formula is C18H24N4O2. The number of piperidine rings is 1. The second kappa shape index (κ2) is 7.59. The summed E-state index contributed by atoms with van der Waals surface area (Å²) >= 11 is 0. The van der Waals surface area contributed by atoms with Crippen molar-refractivity contribution in [1.82, 2.24) is 15.2 Å². The number of benzene rings is 1. The van der Waals surface area contributed by atoms with Crippen molar-refractivity contribution in [3.63, 3.8) is 0 Å². The number of nitrogens with zero attached hydrogens (tertiary/aromatic N) is 2. The first-order valence-electron chi connectivity index (χ1n) is 8.40. The molecule has 3 N–H and O–H groups in total. The number of oxazole rings is 1. The fourth-order valence-corrected chi connectivity index (χ4v) is 2.94. The summed E-state index contributed by atoms with van der Waals surface area (Å²) in [5.74, 6) is 0.199. The van der Waals surface area contributed by atoms with E-state index in [1.54, 1.807) is 6.92 Å². The first-order chi connectivity index (χ1) is 11.6. The highest BCUT2D eigenvalue weighted by Crippen LogP contribution is 2.15. The molecule has 0 aliphatic carbocycles. The van der Waals surface area contributed by atoms with Gasteiger partial charge in [0.25, 0.3) is 5.91 Å². The highest BCUT2D eigenvalue weighted by molar-refractivity contribution is 5.92. The lowest BCUT2D eigenvalue weighted by Crippen LogP contribution is -2.44. The summed E-state index contributed by atoms with van der Waals surface area (Å²) in [5, 5.41) is 3.04. The van der Waals surface area contributed by atoms with Gasteiger partial charge in [-0.15, -0.1) is 0 Å². The molecule has 3 rings (SSSR count). The van der Waals surface area contributed by atoms with E-state index in [0.29, 0.717) is 11.6 Å². The summed E-state index contributed by atoms with van der Waals surface area (Å²) in [5.41, 5.74) is 7.32. The summed E-state index contributed by atoms with van der Waals surface area (Å²) in [6.07, 6.45) is 3.26. The van der Waals surface area contributed by atoms with Crippen LogP contribution in [0.4, 0.5) is 0 Å². The van der Waals surface area contributed by atoms with Gasteiger partial charge in [0.1, 0.15) is 6.26 Å². The van der Waals surface area contributed by atoms with Crippen LogP contribution in [0.3, 0.4) is 0 Å². The van der Waals surface area contributed by atoms with Gasteiger partial charge in [-0.2, -0.15) is 0 Å². The average molecular weight is 328 g/mol. The average Bonchev–Trinajstić information content (AvgIpc) is 3.08. The van der Waals surface area contributed by atoms with Gasteiger partial charge in [0.15, 0.2) is 5.69 Å². The predicted octanol–water partition coefficient (Wildman–Crippen LogP) is 2.09. The Labute approximate surface area is 142 Å². The number of carbonyl (C=O) groups is 1. The van der Waals surface area contributed by atoms with Gasteiger partial charge in [0.2, 0.25) is 5.89 Å². The molecule has 1 aliphatic heterocycles. The van der Waals surface area contributed by atoms with E-state index in [9.17, 15) is 4.79 Å². The number of hydrogen-bond donors (Lipinski definition) is 2. The van der Waals surface area contributed by atoms with Gasteiger partial charge >= 0.3 is 0 Å². The minimum Gasteiger partial charge on any atom is -0.446 e. The lowest BCUT2D eigenvalue weighted by molar-refractivity contribution is 0.0904. The third kappa shape index (κ3) is 4.21. The fraction of sp³-hybridized carbons (Fsp3) is 0.444. The van der Waals surface area contributed by atoms with Gasteiger partial charge in [0, 0.05) is 25.7 Å². The molecule has 1 fully saturated rings. The third-order valence-corrected chi connectivity index (χ3v) is 4.32. The van der Waals surface area contributed by atoms with Crippen LogP contribution in [-0.2, 0) is 6.54 Å². The number of nitrogens with two attached hydrogens (primary N) is 1. The maximum absolute atomic E-state index is 12.2. The van der Waals surface area contributed by atoms with Gasteiger partial charge in [0.05, 0.1) is 6.04 Å². The van der Waals surface area contributed by atoms with Gasteiger partial charge in [-0.05, 0) is 25.3 Å². The molecule has 6 nitrogen and oxygen atoms in total. The van der Waals surface area contributed by atoms with Crippen molar-refractivity contribution in [1.29, 1.82) is 0 Å². The third-order valence-electron chi connectivity index (χ3n) is 4.32. The zero-order valence-electron chi connectivity index (χ0n) is 13.9. The van der Waals surface area contributed by atoms with Crippen LogP contribution in [0, 0.1) is 0 Å². The second-order valence-electron chi connectivity index (χ2n) is 6.37. The SMILES string of the molecule is CC(N)c1nc(C(=O)NC2CCN(Cc3ccccc3)CC2)co1. The molecule has 1 unspecified atom stereocenters. The first kappa shape index (κ1) is 16.7. The van der Waals surface area contributed by atoms with Crippen LogP contribution in [0.5, 0.6) is 0 Å². The standard InChI is InChI=1S/C18H24N4O2/c1-13(19)18-21-16(12-24-18)17(23)20-15-7-9-22(10-8-15)11-14-5-3-2-4-6-14/h2-6,12-13,15H,7-11,19H2,1H3,(H,20,23). The smallest absolute Gasteiger partial charge is 0.273 e. The molecule has 1 aromatic heterocycles. The molecule has 0 spiro atoms. The van der Waals surface area contributed by atoms with Crippen LogP contribution in [0.1, 0.15) is 47.7 Å². The Kier molecular flexibility index (Phi) is 5.27. The normalized spacial score (nSPS) is 17.6. The molecule has 1 amide bonds. The van der Waals surface area contributed by atoms with Crippen LogP contribution in [0.2, 0.25) is 0 Å². The van der Waals surface area contributed by atoms with Crippen LogP contribution < -0.4 is 11.1 Å². The number of amides is 1. The Morgan fingerprint density at radius 3 is 2.71 bits per heavy atom. The quantitative estimate of drug-likeness (QED) is 0.878. The monoisotopic (exact) mass is 328 g/mol. The maximum atomic E-state index is 12.2. The molecule has 6 heteroatoms. The van der Waals surface area contributed by atoms with Crippen molar-refractivity contribution in [2.75, 3.05) is 13.1 Å². The lowest BCUT2D eigenvalue weighted by atomic mass is 10.0. The summed E-state index contributed by atoms with van der Waals surface area (Å²) in [4.78, 5) is 18.8. The number of hydrogen-bond acceptors (Lipinski definition) is 5. The molecule has 1 atom stereocenters. The van der Waals surface area contributed by atoms with Crippen molar-refractivity contribution in [2.24, 2.45) is 5.73 Å². The Bertz CT molecular complexity index is 661. The zero-order chi connectivity index (χ0) is 16.9. The van der Waals surface area contributed by atoms with Crippen LogP contribution >= 0.6 is 0 Å². The Morgan fingerprint density at radius 1 is 1.38 bits per heavy atom. The first-order valence-corrected chi connectivity index (χ1v) is 8.40. The van der Waals surface area contributed by atoms with Crippen LogP contribution in [-0.4, -0.2) is 34.9 Å². The molecule has 24 heavy (non-hydrogen) atoms. The maximum Gasteiger partial charge on any atom is 0.273 e. The minimum atomic E-state index is -0.312. The molecule has 1 aromatic carbocycles. The number of nitrogens with one attached hydrogen (secondary N) is 1. The molecule has 0 radical (unpaired) electrons. The molecule has 1 aliphatic rings. The van der Waals surface area contributed by atoms with E-state index in [4.69, 9.17) is 10.2 Å². The summed E-state index contributed by atoms with van der Waals surface area (Å²) in [6, 6.07) is 10.3. The van der Waals surface area contributed by atoms with Gasteiger partial charge < -0.3 is 15.5 Å². The van der Waals surface area contributed by atoms with E-state index in [0.717, 1.165) is 32.5 Å². The van der Waals surface area contributed by atoms with E-state index in [2.05, 4.69) is 39.5 Å². The largest absolute Gasteiger partial charge is 0.446 e. The van der Waals surface area contributed by atoms with Crippen molar-refractivity contribution < 1.29 is 9.21 Å². The molecule has 0 bridgehead atoms. The molecule has 1 saturated heterocycles. The van der Waals surface area contributed by atoms with Crippen molar-refractivity contribution in [3.8, 4) is 0 Å². The van der Waals surface area contributed by atoms with E-state index in [1.807, 2.05) is 6.07 Å². The highest BCUT2D eigenvalue weighted by Gasteiger charge is 2.22. The van der Waals surface area contributed by atoms with Crippen molar-refractivity contribution >= 4 is 5.91 Å². The second-order valence-corrected chi connectivity index (χ2v) is 6.37. The van der Waals surface area contributed by atoms with Crippen molar-refractivity contribution in [2.45, 2.75) is 38.4 Å². The van der Waals surface area contributed by atoms with E-state index < -0.39 is 0 Å². The molecule has 2 heterocycles. The summed E-state index contributed by atoms with van der Waals surface area (Å²) in [6.45, 7) is 4.69. The molecule has 128 valence electrons. The van der Waals surface area contributed by atoms with Crippen molar-refractivity contribution in [3.05, 3.63) is 53.7 Å². The van der Waals surface area contributed by atoms with Crippen LogP contribution in [0.25, 0.3) is 0 Å². The number of rotatable bonds is 5. The zero-order valence-corrected chi connectivity index (χ0v) is 13.9. The molecular weight excluding hydrogens is 304 g/mol.